The number of para-hydroxylation sites is 1. The first-order valence-electron chi connectivity index (χ1n) is 6.01. The lowest BCUT2D eigenvalue weighted by molar-refractivity contribution is 0.329. The van der Waals surface area contributed by atoms with Crippen molar-refractivity contribution in [3.8, 4) is 11.3 Å². The second-order valence-corrected chi connectivity index (χ2v) is 8.06. The third-order valence-corrected chi connectivity index (χ3v) is 3.71. The van der Waals surface area contributed by atoms with Crippen LogP contribution >= 0.6 is 34.8 Å². The molecule has 0 saturated carbocycles. The second-order valence-electron chi connectivity index (χ2n) is 4.19. The lowest BCUT2D eigenvalue weighted by Crippen LogP contribution is -2.22. The first kappa shape index (κ1) is 17.3. The van der Waals surface area contributed by atoms with Gasteiger partial charge in [-0.25, -0.2) is 4.18 Å². The van der Waals surface area contributed by atoms with Crippen molar-refractivity contribution in [2.45, 2.75) is 3.79 Å². The summed E-state index contributed by atoms with van der Waals surface area (Å²) in [5, 5.41) is 0. The number of anilines is 1. The molecule has 118 valence electrons. The molecule has 5 nitrogen and oxygen atoms in total. The normalized spacial score (nSPS) is 12.1. The SMILES string of the molecule is O=S(=O)(Nc1ccccc1-c1ccccn1)OCC(Cl)(Cl)Cl. The van der Waals surface area contributed by atoms with E-state index in [0.717, 1.165) is 0 Å². The van der Waals surface area contributed by atoms with Gasteiger partial charge in [-0.05, 0) is 18.2 Å². The van der Waals surface area contributed by atoms with Gasteiger partial charge in [0.15, 0.2) is 0 Å². The van der Waals surface area contributed by atoms with E-state index in [2.05, 4.69) is 13.9 Å². The van der Waals surface area contributed by atoms with Crippen molar-refractivity contribution >= 4 is 50.8 Å². The molecule has 0 radical (unpaired) electrons. The number of halogens is 3. The number of nitrogens with zero attached hydrogens (tertiary/aromatic N) is 1. The number of hydrogen-bond acceptors (Lipinski definition) is 4. The maximum Gasteiger partial charge on any atom is 0.360 e. The molecule has 9 heteroatoms. The van der Waals surface area contributed by atoms with Gasteiger partial charge in [0.2, 0.25) is 3.79 Å². The van der Waals surface area contributed by atoms with Crippen LogP contribution in [-0.4, -0.2) is 23.8 Å². The minimum Gasteiger partial charge on any atom is -0.260 e. The third-order valence-electron chi connectivity index (χ3n) is 2.48. The summed E-state index contributed by atoms with van der Waals surface area (Å²) in [5.41, 5.74) is 1.52. The highest BCUT2D eigenvalue weighted by Gasteiger charge is 2.25. The molecule has 0 unspecified atom stereocenters. The Morgan fingerprint density at radius 3 is 2.41 bits per heavy atom. The standard InChI is InChI=1S/C13H11Cl3N2O3S/c14-13(15,16)9-21-22(19,20)18-12-7-2-1-5-10(12)11-6-3-4-8-17-11/h1-8,18H,9H2. The second kappa shape index (κ2) is 7.02. The number of alkyl halides is 3. The molecule has 0 atom stereocenters. The van der Waals surface area contributed by atoms with Crippen molar-refractivity contribution < 1.29 is 12.6 Å². The van der Waals surface area contributed by atoms with Gasteiger partial charge in [-0.3, -0.25) is 9.71 Å². The highest BCUT2D eigenvalue weighted by Crippen LogP contribution is 2.29. The van der Waals surface area contributed by atoms with Gasteiger partial charge < -0.3 is 0 Å². The Morgan fingerprint density at radius 1 is 1.09 bits per heavy atom. The smallest absolute Gasteiger partial charge is 0.260 e. The van der Waals surface area contributed by atoms with E-state index < -0.39 is 20.7 Å². The summed E-state index contributed by atoms with van der Waals surface area (Å²) in [4.78, 5) is 4.19. The summed E-state index contributed by atoms with van der Waals surface area (Å²) >= 11 is 16.4. The van der Waals surface area contributed by atoms with E-state index in [4.69, 9.17) is 34.8 Å². The number of hydrogen-bond donors (Lipinski definition) is 1. The summed E-state index contributed by atoms with van der Waals surface area (Å²) in [7, 11) is -4.13. The van der Waals surface area contributed by atoms with E-state index in [-0.39, 0.29) is 0 Å². The zero-order chi connectivity index (χ0) is 16.2. The molecule has 0 amide bonds. The van der Waals surface area contributed by atoms with E-state index in [9.17, 15) is 8.42 Å². The quantitative estimate of drug-likeness (QED) is 0.800. The summed E-state index contributed by atoms with van der Waals surface area (Å²) < 4.78 is 28.9. The minimum absolute atomic E-state index is 0.311. The Kier molecular flexibility index (Phi) is 5.52. The average Bonchev–Trinajstić information content (AvgIpc) is 2.46. The van der Waals surface area contributed by atoms with Crippen LogP contribution in [0.5, 0.6) is 0 Å². The molecule has 1 heterocycles. The van der Waals surface area contributed by atoms with E-state index in [1.54, 1.807) is 48.7 Å². The maximum absolute atomic E-state index is 11.9. The highest BCUT2D eigenvalue weighted by molar-refractivity contribution is 7.88. The molecule has 0 aliphatic rings. The van der Waals surface area contributed by atoms with Gasteiger partial charge in [0.05, 0.1) is 11.4 Å². The van der Waals surface area contributed by atoms with Gasteiger partial charge in [0.25, 0.3) is 0 Å². The van der Waals surface area contributed by atoms with E-state index in [0.29, 0.717) is 16.9 Å². The largest absolute Gasteiger partial charge is 0.360 e. The van der Waals surface area contributed by atoms with Crippen LogP contribution < -0.4 is 4.72 Å². The molecule has 22 heavy (non-hydrogen) atoms. The molecule has 0 saturated heterocycles. The Bertz CT molecular complexity index is 734. The van der Waals surface area contributed by atoms with Gasteiger partial charge >= 0.3 is 10.3 Å². The molecular weight excluding hydrogens is 371 g/mol. The van der Waals surface area contributed by atoms with Crippen molar-refractivity contribution in [1.82, 2.24) is 4.98 Å². The van der Waals surface area contributed by atoms with Gasteiger partial charge in [-0.15, -0.1) is 0 Å². The van der Waals surface area contributed by atoms with Crippen LogP contribution in [-0.2, 0) is 14.5 Å². The Balaban J connectivity index is 2.24. The van der Waals surface area contributed by atoms with Gasteiger partial charge in [-0.1, -0.05) is 59.1 Å². The number of pyridine rings is 1. The van der Waals surface area contributed by atoms with E-state index in [1.165, 1.54) is 0 Å². The van der Waals surface area contributed by atoms with Crippen LogP contribution in [0, 0.1) is 0 Å². The average molecular weight is 382 g/mol. The highest BCUT2D eigenvalue weighted by atomic mass is 35.6. The molecule has 0 fully saturated rings. The fourth-order valence-corrected chi connectivity index (χ4v) is 2.82. The third kappa shape index (κ3) is 5.30. The predicted octanol–water partition coefficient (Wildman–Crippen LogP) is 3.79. The number of rotatable bonds is 5. The topological polar surface area (TPSA) is 68.3 Å². The molecule has 0 bridgehead atoms. The minimum atomic E-state index is -4.13. The van der Waals surface area contributed by atoms with Crippen LogP contribution in [0.15, 0.2) is 48.7 Å². The maximum atomic E-state index is 11.9. The number of benzene rings is 1. The molecular formula is C13H11Cl3N2O3S. The Labute approximate surface area is 143 Å². The summed E-state index contributed by atoms with van der Waals surface area (Å²) in [5.74, 6) is 0. The fourth-order valence-electron chi connectivity index (χ4n) is 1.63. The number of nitrogens with one attached hydrogen (secondary N) is 1. The molecule has 1 aromatic carbocycles. The van der Waals surface area contributed by atoms with Gasteiger partial charge in [0, 0.05) is 11.8 Å². The van der Waals surface area contributed by atoms with Crippen LogP contribution in [0.2, 0.25) is 0 Å². The summed E-state index contributed by atoms with van der Waals surface area (Å²) in [6.07, 6.45) is 1.61. The van der Waals surface area contributed by atoms with Crippen LogP contribution in [0.1, 0.15) is 0 Å². The van der Waals surface area contributed by atoms with Crippen LogP contribution in [0.3, 0.4) is 0 Å². The van der Waals surface area contributed by atoms with Crippen LogP contribution in [0.25, 0.3) is 11.3 Å². The van der Waals surface area contributed by atoms with Crippen molar-refractivity contribution in [1.29, 1.82) is 0 Å². The van der Waals surface area contributed by atoms with E-state index >= 15 is 0 Å². The first-order chi connectivity index (χ1) is 10.3. The molecule has 0 aliphatic carbocycles. The Morgan fingerprint density at radius 2 is 1.77 bits per heavy atom. The Hall–Kier alpha value is -1.05. The molecule has 1 aromatic heterocycles. The van der Waals surface area contributed by atoms with Crippen LogP contribution in [0.4, 0.5) is 5.69 Å². The fraction of sp³-hybridized carbons (Fsp3) is 0.154. The summed E-state index contributed by atoms with van der Waals surface area (Å²) in [6.45, 7) is -0.598. The van der Waals surface area contributed by atoms with Crippen molar-refractivity contribution in [2.75, 3.05) is 11.3 Å². The van der Waals surface area contributed by atoms with E-state index in [1.807, 2.05) is 0 Å². The van der Waals surface area contributed by atoms with Crippen molar-refractivity contribution in [3.63, 3.8) is 0 Å². The molecule has 2 aromatic rings. The molecule has 0 spiro atoms. The van der Waals surface area contributed by atoms with Gasteiger partial charge in [-0.2, -0.15) is 8.42 Å². The monoisotopic (exact) mass is 380 g/mol. The zero-order valence-corrected chi connectivity index (χ0v) is 14.1. The van der Waals surface area contributed by atoms with Crippen molar-refractivity contribution in [2.24, 2.45) is 0 Å². The zero-order valence-electron chi connectivity index (χ0n) is 11.0. The lowest BCUT2D eigenvalue weighted by Gasteiger charge is -2.14. The summed E-state index contributed by atoms with van der Waals surface area (Å²) in [6, 6.07) is 12.1. The molecule has 1 N–H and O–H groups in total. The van der Waals surface area contributed by atoms with Gasteiger partial charge in [0.1, 0.15) is 6.61 Å². The molecule has 0 aliphatic heterocycles. The molecule has 2 rings (SSSR count). The predicted molar refractivity (Wildman–Crippen MR) is 88.5 cm³/mol. The first-order valence-corrected chi connectivity index (χ1v) is 8.55. The van der Waals surface area contributed by atoms with Crippen molar-refractivity contribution in [3.05, 3.63) is 48.7 Å². The number of aromatic nitrogens is 1. The lowest BCUT2D eigenvalue weighted by atomic mass is 10.1.